The molecule has 0 aliphatic carbocycles. The lowest BCUT2D eigenvalue weighted by Crippen LogP contribution is -2.54. The van der Waals surface area contributed by atoms with Gasteiger partial charge in [0.25, 0.3) is 0 Å². The van der Waals surface area contributed by atoms with Crippen LogP contribution < -0.4 is 15.4 Å². The predicted octanol–water partition coefficient (Wildman–Crippen LogP) is 2.38. The normalized spacial score (nSPS) is 16.6. The van der Waals surface area contributed by atoms with E-state index in [0.29, 0.717) is 25.2 Å². The molecule has 2 atom stereocenters. The summed E-state index contributed by atoms with van der Waals surface area (Å²) in [5.41, 5.74) is 1.81. The van der Waals surface area contributed by atoms with Gasteiger partial charge in [-0.3, -0.25) is 4.99 Å². The highest BCUT2D eigenvalue weighted by molar-refractivity contribution is 5.94. The summed E-state index contributed by atoms with van der Waals surface area (Å²) in [4.78, 5) is 28.2. The molecule has 0 saturated carbocycles. The zero-order valence-electron chi connectivity index (χ0n) is 16.7. The molecule has 8 nitrogen and oxygen atoms in total. The number of aliphatic carboxylic acids is 1. The summed E-state index contributed by atoms with van der Waals surface area (Å²) in [6, 6.07) is 15.5. The molecule has 1 heterocycles. The molecule has 0 radical (unpaired) electrons. The van der Waals surface area contributed by atoms with Gasteiger partial charge in [-0.15, -0.1) is 0 Å². The lowest BCUT2D eigenvalue weighted by Gasteiger charge is -2.27. The summed E-state index contributed by atoms with van der Waals surface area (Å²) in [6.45, 7) is 0.513. The highest BCUT2D eigenvalue weighted by atomic mass is 16.5. The molecule has 3 N–H and O–H groups in total. The second kappa shape index (κ2) is 10.3. The zero-order chi connectivity index (χ0) is 21.3. The highest BCUT2D eigenvalue weighted by Gasteiger charge is 2.28. The van der Waals surface area contributed by atoms with E-state index in [-0.39, 0.29) is 6.61 Å². The van der Waals surface area contributed by atoms with E-state index in [1.165, 1.54) is 0 Å². The monoisotopic (exact) mass is 411 g/mol. The van der Waals surface area contributed by atoms with Crippen molar-refractivity contribution >= 4 is 17.9 Å². The van der Waals surface area contributed by atoms with E-state index >= 15 is 0 Å². The Bertz CT molecular complexity index is 883. The van der Waals surface area contributed by atoms with Crippen LogP contribution in [-0.4, -0.2) is 48.7 Å². The number of carbonyl (C=O) groups is 2. The Hall–Kier alpha value is -3.55. The molecule has 30 heavy (non-hydrogen) atoms. The van der Waals surface area contributed by atoms with Crippen molar-refractivity contribution in [1.82, 2.24) is 10.6 Å². The zero-order valence-corrected chi connectivity index (χ0v) is 16.7. The van der Waals surface area contributed by atoms with Gasteiger partial charge >= 0.3 is 12.1 Å². The van der Waals surface area contributed by atoms with Crippen LogP contribution in [0.25, 0.3) is 0 Å². The number of carboxylic acid groups (broad SMARTS) is 1. The molecule has 0 fully saturated rings. The third-order valence-electron chi connectivity index (χ3n) is 4.75. The Kier molecular flexibility index (Phi) is 7.26. The smallest absolute Gasteiger partial charge is 0.408 e. The number of nitrogens with one attached hydrogen (secondary N) is 2. The van der Waals surface area contributed by atoms with E-state index in [1.807, 2.05) is 54.6 Å². The van der Waals surface area contributed by atoms with Crippen LogP contribution in [0.15, 0.2) is 59.6 Å². The van der Waals surface area contributed by atoms with Gasteiger partial charge in [0, 0.05) is 6.54 Å². The summed E-state index contributed by atoms with van der Waals surface area (Å²) >= 11 is 0. The number of amides is 1. The van der Waals surface area contributed by atoms with E-state index in [0.717, 1.165) is 16.9 Å². The number of aliphatic imine (C=N–C) groups is 1. The molecule has 8 heteroatoms. The number of ether oxygens (including phenoxy) is 2. The first-order chi connectivity index (χ1) is 14.5. The number of alkyl carbamates (subject to hydrolysis) is 1. The molecular weight excluding hydrogens is 386 g/mol. The Balaban J connectivity index is 1.70. The van der Waals surface area contributed by atoms with Crippen LogP contribution in [0.4, 0.5) is 4.79 Å². The van der Waals surface area contributed by atoms with Crippen molar-refractivity contribution in [2.24, 2.45) is 4.99 Å². The van der Waals surface area contributed by atoms with Gasteiger partial charge in [-0.2, -0.15) is 0 Å². The summed E-state index contributed by atoms with van der Waals surface area (Å²) in [5.74, 6) is 0.211. The van der Waals surface area contributed by atoms with Crippen LogP contribution in [0.5, 0.6) is 5.75 Å². The van der Waals surface area contributed by atoms with E-state index in [2.05, 4.69) is 15.6 Å². The quantitative estimate of drug-likeness (QED) is 0.615. The topological polar surface area (TPSA) is 109 Å². The fourth-order valence-corrected chi connectivity index (χ4v) is 3.13. The molecule has 3 rings (SSSR count). The Morgan fingerprint density at radius 3 is 2.57 bits per heavy atom. The molecule has 0 bridgehead atoms. The first-order valence-electron chi connectivity index (χ1n) is 9.69. The maximum atomic E-state index is 12.4. The summed E-state index contributed by atoms with van der Waals surface area (Å²) in [5, 5.41) is 15.1. The molecular formula is C22H25N3O5. The standard InChI is InChI=1S/C22H25N3O5/c1-29-17-9-7-15(8-10-17)13-19(20-23-12-11-18(24-20)21(26)27)25-22(28)30-14-16-5-3-2-4-6-16/h2-10,18-19H,11-14H2,1H3,(H,23,24)(H,25,28)(H,26,27)/t18-,19+/m0/s1. The molecule has 0 saturated heterocycles. The maximum Gasteiger partial charge on any atom is 0.408 e. The van der Waals surface area contributed by atoms with Crippen LogP contribution in [0.1, 0.15) is 17.5 Å². The molecule has 2 aromatic carbocycles. The fraction of sp³-hybridized carbons (Fsp3) is 0.318. The van der Waals surface area contributed by atoms with Crippen molar-refractivity contribution in [3.63, 3.8) is 0 Å². The van der Waals surface area contributed by atoms with Gasteiger partial charge in [0.1, 0.15) is 24.2 Å². The molecule has 0 unspecified atom stereocenters. The first-order valence-corrected chi connectivity index (χ1v) is 9.69. The number of amidine groups is 1. The van der Waals surface area contributed by atoms with Crippen LogP contribution in [0, 0.1) is 0 Å². The van der Waals surface area contributed by atoms with E-state index < -0.39 is 24.1 Å². The van der Waals surface area contributed by atoms with E-state index in [4.69, 9.17) is 9.47 Å². The number of carbonyl (C=O) groups excluding carboxylic acids is 1. The van der Waals surface area contributed by atoms with Crippen LogP contribution in [0.2, 0.25) is 0 Å². The van der Waals surface area contributed by atoms with Gasteiger partial charge in [-0.1, -0.05) is 42.5 Å². The second-order valence-electron chi connectivity index (χ2n) is 6.90. The van der Waals surface area contributed by atoms with Crippen molar-refractivity contribution in [2.45, 2.75) is 31.5 Å². The van der Waals surface area contributed by atoms with E-state index in [9.17, 15) is 14.7 Å². The summed E-state index contributed by atoms with van der Waals surface area (Å²) in [7, 11) is 1.59. The lowest BCUT2D eigenvalue weighted by molar-refractivity contribution is -0.139. The second-order valence-corrected chi connectivity index (χ2v) is 6.90. The maximum absolute atomic E-state index is 12.4. The van der Waals surface area contributed by atoms with Gasteiger partial charge in [0.2, 0.25) is 0 Å². The average molecular weight is 411 g/mol. The number of hydrogen-bond acceptors (Lipinski definition) is 6. The number of methoxy groups -OCH3 is 1. The predicted molar refractivity (Wildman–Crippen MR) is 112 cm³/mol. The molecule has 1 aliphatic rings. The number of carboxylic acids is 1. The summed E-state index contributed by atoms with van der Waals surface area (Å²) in [6.07, 6.45) is 0.217. The van der Waals surface area contributed by atoms with E-state index in [1.54, 1.807) is 7.11 Å². The number of hydrogen-bond donors (Lipinski definition) is 3. The van der Waals surface area contributed by atoms with Crippen molar-refractivity contribution in [2.75, 3.05) is 13.7 Å². The van der Waals surface area contributed by atoms with Gasteiger partial charge in [0.15, 0.2) is 0 Å². The van der Waals surface area contributed by atoms with Crippen LogP contribution in [-0.2, 0) is 22.6 Å². The molecule has 0 spiro atoms. The number of rotatable bonds is 8. The van der Waals surface area contributed by atoms with Crippen molar-refractivity contribution in [3.8, 4) is 5.75 Å². The average Bonchev–Trinajstić information content (AvgIpc) is 2.78. The number of benzene rings is 2. The first kappa shape index (κ1) is 21.2. The van der Waals surface area contributed by atoms with Crippen molar-refractivity contribution in [3.05, 3.63) is 65.7 Å². The number of nitrogens with zero attached hydrogens (tertiary/aromatic N) is 1. The molecule has 1 aliphatic heterocycles. The minimum Gasteiger partial charge on any atom is -0.497 e. The Labute approximate surface area is 174 Å². The third kappa shape index (κ3) is 5.97. The van der Waals surface area contributed by atoms with Crippen LogP contribution in [0.3, 0.4) is 0 Å². The minimum atomic E-state index is -0.947. The highest BCUT2D eigenvalue weighted by Crippen LogP contribution is 2.14. The molecule has 1 amide bonds. The van der Waals surface area contributed by atoms with Gasteiger partial charge in [0.05, 0.1) is 13.2 Å². The van der Waals surface area contributed by atoms with Gasteiger partial charge in [-0.25, -0.2) is 9.59 Å². The Morgan fingerprint density at radius 1 is 1.17 bits per heavy atom. The SMILES string of the molecule is COc1ccc(C[C@@H](NC(=O)OCc2ccccc2)C2=NCC[C@@H](C(=O)O)N2)cc1. The summed E-state index contributed by atoms with van der Waals surface area (Å²) < 4.78 is 10.5. The third-order valence-corrected chi connectivity index (χ3v) is 4.75. The Morgan fingerprint density at radius 2 is 1.90 bits per heavy atom. The van der Waals surface area contributed by atoms with Crippen molar-refractivity contribution in [1.29, 1.82) is 0 Å². The van der Waals surface area contributed by atoms with Crippen LogP contribution >= 0.6 is 0 Å². The lowest BCUT2D eigenvalue weighted by atomic mass is 10.0. The molecule has 158 valence electrons. The van der Waals surface area contributed by atoms with Gasteiger partial charge in [-0.05, 0) is 36.1 Å². The van der Waals surface area contributed by atoms with Gasteiger partial charge < -0.3 is 25.2 Å². The molecule has 0 aromatic heterocycles. The minimum absolute atomic E-state index is 0.138. The molecule has 2 aromatic rings. The fourth-order valence-electron chi connectivity index (χ4n) is 3.13. The van der Waals surface area contributed by atoms with Crippen molar-refractivity contribution < 1.29 is 24.2 Å². The largest absolute Gasteiger partial charge is 0.497 e.